The van der Waals surface area contributed by atoms with Crippen LogP contribution in [0.3, 0.4) is 0 Å². The second-order valence-corrected chi connectivity index (χ2v) is 12.1. The van der Waals surface area contributed by atoms with Crippen LogP contribution in [0, 0.1) is 13.8 Å². The van der Waals surface area contributed by atoms with Gasteiger partial charge in [-0.1, -0.05) is 65.0 Å². The van der Waals surface area contributed by atoms with Crippen LogP contribution in [0.25, 0.3) is 0 Å². The third-order valence-electron chi connectivity index (χ3n) is 5.88. The molecule has 194 valence electrons. The molecule has 4 aromatic rings. The first-order valence-corrected chi connectivity index (χ1v) is 14.4. The molecule has 3 heterocycles. The average Bonchev–Trinajstić information content (AvgIpc) is 3.59. The molecule has 1 amide bonds. The van der Waals surface area contributed by atoms with Crippen LogP contribution in [0.15, 0.2) is 64.2 Å². The summed E-state index contributed by atoms with van der Waals surface area (Å²) >= 11 is 10.1. The van der Waals surface area contributed by atoms with Gasteiger partial charge >= 0.3 is 0 Å². The lowest BCUT2D eigenvalue weighted by Crippen LogP contribution is -2.31. The number of nitrogens with zero attached hydrogens (tertiary/aromatic N) is 4. The molecule has 0 saturated carbocycles. The normalized spacial score (nSPS) is 15.4. The first kappa shape index (κ1) is 26.4. The third-order valence-corrected chi connectivity index (χ3v) is 9.43. The number of rotatable bonds is 8. The summed E-state index contributed by atoms with van der Waals surface area (Å²) in [6.45, 7) is 3.54. The number of aryl methyl sites for hydroxylation is 2. The number of anilines is 1. The monoisotopic (exact) mass is 584 g/mol. The number of Topliss-reactive ketones (excluding diaryl/α,β-unsaturated/α-hetero) is 1. The van der Waals surface area contributed by atoms with E-state index in [-0.39, 0.29) is 10.7 Å². The molecule has 0 spiro atoms. The summed E-state index contributed by atoms with van der Waals surface area (Å²) in [6.07, 6.45) is 0. The van der Waals surface area contributed by atoms with Gasteiger partial charge in [-0.05, 0) is 43.2 Å². The van der Waals surface area contributed by atoms with Crippen LogP contribution >= 0.6 is 46.0 Å². The highest BCUT2D eigenvalue weighted by Gasteiger charge is 2.46. The molecule has 1 aliphatic heterocycles. The van der Waals surface area contributed by atoms with Crippen LogP contribution in [0.5, 0.6) is 5.75 Å². The number of aliphatic hydroxyl groups is 1. The van der Waals surface area contributed by atoms with Crippen molar-refractivity contribution in [3.05, 3.63) is 91.6 Å². The number of hydrogen-bond donors (Lipinski definition) is 1. The van der Waals surface area contributed by atoms with Crippen molar-refractivity contribution < 1.29 is 19.4 Å². The molecule has 0 fully saturated rings. The summed E-state index contributed by atoms with van der Waals surface area (Å²) in [5.74, 6) is -0.676. The standard InChI is InChI=1S/C26H21ClN4O4S3/c1-13-23(37-14(2)28-13)21(32)19-20(15-8-6-9-17(11-15)35-3)31(24(34)22(19)33)25-29-30-26(38-25)36-12-16-7-4-5-10-18(16)27/h4-11,20,33H,12H2,1-3H3. The second-order valence-electron chi connectivity index (χ2n) is 8.32. The molecule has 0 bridgehead atoms. The van der Waals surface area contributed by atoms with Crippen molar-refractivity contribution in [2.75, 3.05) is 12.0 Å². The van der Waals surface area contributed by atoms with Crippen LogP contribution in [0.4, 0.5) is 5.13 Å². The number of carbonyl (C=O) groups is 2. The molecule has 2 aromatic heterocycles. The van der Waals surface area contributed by atoms with Gasteiger partial charge in [0.05, 0.1) is 34.3 Å². The molecule has 0 radical (unpaired) electrons. The van der Waals surface area contributed by atoms with Gasteiger partial charge in [-0.2, -0.15) is 0 Å². The van der Waals surface area contributed by atoms with E-state index < -0.39 is 23.5 Å². The van der Waals surface area contributed by atoms with E-state index in [1.807, 2.05) is 24.3 Å². The molecule has 5 rings (SSSR count). The maximum atomic E-state index is 13.7. The molecule has 1 N–H and O–H groups in total. The molecule has 8 nitrogen and oxygen atoms in total. The van der Waals surface area contributed by atoms with Crippen molar-refractivity contribution in [3.63, 3.8) is 0 Å². The molecule has 0 saturated heterocycles. The third kappa shape index (κ3) is 4.94. The SMILES string of the molecule is COc1cccc(C2C(C(=O)c3sc(C)nc3C)=C(O)C(=O)N2c2nnc(SCc3ccccc3Cl)s2)c1. The Morgan fingerprint density at radius 2 is 1.95 bits per heavy atom. The zero-order valence-corrected chi connectivity index (χ0v) is 23.7. The Morgan fingerprint density at radius 1 is 1.16 bits per heavy atom. The van der Waals surface area contributed by atoms with Gasteiger partial charge in [-0.3, -0.25) is 14.5 Å². The van der Waals surface area contributed by atoms with Gasteiger partial charge in [0.25, 0.3) is 5.91 Å². The van der Waals surface area contributed by atoms with Crippen molar-refractivity contribution >= 4 is 62.9 Å². The highest BCUT2D eigenvalue weighted by molar-refractivity contribution is 8.00. The predicted molar refractivity (Wildman–Crippen MR) is 150 cm³/mol. The van der Waals surface area contributed by atoms with Crippen LogP contribution in [-0.2, 0) is 10.5 Å². The molecule has 12 heteroatoms. The first-order chi connectivity index (χ1) is 18.3. The minimum Gasteiger partial charge on any atom is -0.503 e. The molecule has 1 unspecified atom stereocenters. The highest BCUT2D eigenvalue weighted by Crippen LogP contribution is 2.45. The van der Waals surface area contributed by atoms with E-state index in [2.05, 4.69) is 15.2 Å². The fourth-order valence-electron chi connectivity index (χ4n) is 4.14. The van der Waals surface area contributed by atoms with Gasteiger partial charge < -0.3 is 9.84 Å². The van der Waals surface area contributed by atoms with Crippen molar-refractivity contribution in [1.29, 1.82) is 0 Å². The van der Waals surface area contributed by atoms with Gasteiger partial charge in [0, 0.05) is 10.8 Å². The van der Waals surface area contributed by atoms with E-state index in [0.717, 1.165) is 5.56 Å². The maximum absolute atomic E-state index is 13.7. The van der Waals surface area contributed by atoms with Crippen molar-refractivity contribution in [2.24, 2.45) is 0 Å². The quantitative estimate of drug-likeness (QED) is 0.145. The minimum absolute atomic E-state index is 0.0320. The first-order valence-electron chi connectivity index (χ1n) is 11.4. The van der Waals surface area contributed by atoms with E-state index >= 15 is 0 Å². The Labute approximate surface area is 236 Å². The number of halogens is 1. The number of carbonyl (C=O) groups excluding carboxylic acids is 2. The van der Waals surface area contributed by atoms with Gasteiger partial charge in [0.2, 0.25) is 10.9 Å². The molecule has 1 atom stereocenters. The number of ether oxygens (including phenoxy) is 1. The summed E-state index contributed by atoms with van der Waals surface area (Å²) in [4.78, 5) is 33.2. The Hall–Kier alpha value is -3.25. The average molecular weight is 585 g/mol. The van der Waals surface area contributed by atoms with Crippen LogP contribution in [-0.4, -0.2) is 39.1 Å². The summed E-state index contributed by atoms with van der Waals surface area (Å²) in [7, 11) is 1.53. The lowest BCUT2D eigenvalue weighted by molar-refractivity contribution is -0.117. The molecule has 2 aromatic carbocycles. The number of benzene rings is 2. The fraction of sp³-hybridized carbons (Fsp3) is 0.192. The number of aromatic nitrogens is 3. The summed E-state index contributed by atoms with van der Waals surface area (Å²) in [5, 5.41) is 21.2. The summed E-state index contributed by atoms with van der Waals surface area (Å²) in [6, 6.07) is 13.6. The predicted octanol–water partition coefficient (Wildman–Crippen LogP) is 6.35. The molecular formula is C26H21ClN4O4S3. The van der Waals surface area contributed by atoms with Crippen LogP contribution in [0.1, 0.15) is 37.5 Å². The number of ketones is 1. The Morgan fingerprint density at radius 3 is 2.66 bits per heavy atom. The van der Waals surface area contributed by atoms with E-state index in [1.54, 1.807) is 38.1 Å². The van der Waals surface area contributed by atoms with Crippen molar-refractivity contribution in [1.82, 2.24) is 15.2 Å². The summed E-state index contributed by atoms with van der Waals surface area (Å²) < 4.78 is 6.00. The Balaban J connectivity index is 1.53. The van der Waals surface area contributed by atoms with E-state index in [0.29, 0.717) is 42.0 Å². The highest BCUT2D eigenvalue weighted by atomic mass is 35.5. The van der Waals surface area contributed by atoms with Crippen LogP contribution in [0.2, 0.25) is 5.02 Å². The second kappa shape index (κ2) is 10.9. The van der Waals surface area contributed by atoms with Crippen molar-refractivity contribution in [3.8, 4) is 5.75 Å². The number of aliphatic hydroxyl groups excluding tert-OH is 1. The Kier molecular flexibility index (Phi) is 7.53. The van der Waals surface area contributed by atoms with E-state index in [4.69, 9.17) is 16.3 Å². The number of hydrogen-bond acceptors (Lipinski definition) is 10. The molecule has 0 aliphatic carbocycles. The largest absolute Gasteiger partial charge is 0.503 e. The minimum atomic E-state index is -0.929. The van der Waals surface area contributed by atoms with Gasteiger partial charge in [0.15, 0.2) is 10.1 Å². The summed E-state index contributed by atoms with van der Waals surface area (Å²) in [5.41, 5.74) is 2.05. The zero-order valence-electron chi connectivity index (χ0n) is 20.5. The number of thioether (sulfide) groups is 1. The number of amides is 1. The van der Waals surface area contributed by atoms with E-state index in [9.17, 15) is 14.7 Å². The maximum Gasteiger partial charge on any atom is 0.296 e. The number of methoxy groups -OCH3 is 1. The lowest BCUT2D eigenvalue weighted by Gasteiger charge is -2.24. The van der Waals surface area contributed by atoms with Gasteiger partial charge in [0.1, 0.15) is 5.75 Å². The zero-order chi connectivity index (χ0) is 27.0. The fourth-order valence-corrected chi connectivity index (χ4v) is 7.17. The van der Waals surface area contributed by atoms with Gasteiger partial charge in [-0.15, -0.1) is 21.5 Å². The van der Waals surface area contributed by atoms with Crippen molar-refractivity contribution in [2.45, 2.75) is 30.0 Å². The Bertz CT molecular complexity index is 1580. The van der Waals surface area contributed by atoms with E-state index in [1.165, 1.54) is 46.4 Å². The topological polar surface area (TPSA) is 106 Å². The molecular weight excluding hydrogens is 564 g/mol. The lowest BCUT2D eigenvalue weighted by atomic mass is 9.95. The number of thiazole rings is 1. The smallest absolute Gasteiger partial charge is 0.296 e. The van der Waals surface area contributed by atoms with Crippen LogP contribution < -0.4 is 9.64 Å². The molecule has 38 heavy (non-hydrogen) atoms. The molecule has 1 aliphatic rings. The van der Waals surface area contributed by atoms with Gasteiger partial charge in [-0.25, -0.2) is 4.98 Å².